The molecule has 17 heavy (non-hydrogen) atoms. The van der Waals surface area contributed by atoms with Gasteiger partial charge in [-0.15, -0.1) is 0 Å². The number of ketones is 1. The number of ether oxygens (including phenoxy) is 1. The quantitative estimate of drug-likeness (QED) is 0.749. The van der Waals surface area contributed by atoms with Crippen molar-refractivity contribution in [3.05, 3.63) is 11.8 Å². The first-order valence-corrected chi connectivity index (χ1v) is 6.90. The monoisotopic (exact) mass is 236 g/mol. The van der Waals surface area contributed by atoms with E-state index in [0.29, 0.717) is 35.9 Å². The van der Waals surface area contributed by atoms with Gasteiger partial charge in [-0.05, 0) is 55.4 Å². The third-order valence-corrected chi connectivity index (χ3v) is 4.55. The van der Waals surface area contributed by atoms with E-state index in [-0.39, 0.29) is 0 Å². The van der Waals surface area contributed by atoms with Crippen LogP contribution in [0.15, 0.2) is 11.8 Å². The highest BCUT2D eigenvalue weighted by molar-refractivity contribution is 5.75. The van der Waals surface area contributed by atoms with E-state index in [4.69, 9.17) is 4.74 Å². The molecule has 0 bridgehead atoms. The Bertz CT molecular complexity index is 319. The number of hydrogen-bond acceptors (Lipinski definition) is 2. The van der Waals surface area contributed by atoms with Gasteiger partial charge in [-0.1, -0.05) is 13.8 Å². The third kappa shape index (κ3) is 2.72. The molecule has 0 unspecified atom stereocenters. The lowest BCUT2D eigenvalue weighted by atomic mass is 9.66. The topological polar surface area (TPSA) is 26.3 Å². The molecule has 0 saturated heterocycles. The zero-order chi connectivity index (χ0) is 12.4. The smallest absolute Gasteiger partial charge is 0.129 e. The predicted octanol–water partition coefficient (Wildman–Crippen LogP) is 3.57. The first-order valence-electron chi connectivity index (χ1n) is 6.90. The molecular formula is C15H24O2. The first kappa shape index (κ1) is 12.7. The maximum Gasteiger partial charge on any atom is 0.129 e. The molecule has 0 aromatic heterocycles. The number of Topliss-reactive ketones (excluding diaryl/α,β-unsaturated/α-hetero) is 1. The van der Waals surface area contributed by atoms with Crippen LogP contribution in [0.2, 0.25) is 0 Å². The van der Waals surface area contributed by atoms with Crippen LogP contribution in [0.25, 0.3) is 0 Å². The number of fused-ring (bicyclic) bond motifs is 1. The van der Waals surface area contributed by atoms with Crippen molar-refractivity contribution in [1.29, 1.82) is 0 Å². The lowest BCUT2D eigenvalue weighted by molar-refractivity contribution is -0.117. The second-order valence-electron chi connectivity index (χ2n) is 5.94. The minimum Gasteiger partial charge on any atom is -0.501 e. The minimum atomic E-state index is 0.310. The summed E-state index contributed by atoms with van der Waals surface area (Å²) in [6.07, 6.45) is 6.33. The van der Waals surface area contributed by atoms with Crippen LogP contribution >= 0.6 is 0 Å². The summed E-state index contributed by atoms with van der Waals surface area (Å²) in [5.41, 5.74) is 1.49. The van der Waals surface area contributed by atoms with E-state index in [2.05, 4.69) is 13.8 Å². The van der Waals surface area contributed by atoms with Crippen molar-refractivity contribution >= 4 is 5.78 Å². The Kier molecular flexibility index (Phi) is 3.90. The summed E-state index contributed by atoms with van der Waals surface area (Å²) in [5, 5.41) is 0. The number of hydrogen-bond donors (Lipinski definition) is 0. The molecule has 1 heterocycles. The Labute approximate surface area is 104 Å². The Morgan fingerprint density at radius 2 is 2.12 bits per heavy atom. The average Bonchev–Trinajstić information content (AvgIpc) is 2.27. The maximum atomic E-state index is 11.2. The fourth-order valence-electron chi connectivity index (χ4n) is 3.42. The molecule has 0 N–H and O–H groups in total. The number of allylic oxidation sites excluding steroid dienone is 1. The first-order chi connectivity index (χ1) is 8.09. The van der Waals surface area contributed by atoms with Crippen LogP contribution < -0.4 is 0 Å². The molecule has 2 nitrogen and oxygen atoms in total. The van der Waals surface area contributed by atoms with Crippen molar-refractivity contribution in [1.82, 2.24) is 0 Å². The van der Waals surface area contributed by atoms with Gasteiger partial charge in [0.1, 0.15) is 5.78 Å². The predicted molar refractivity (Wildman–Crippen MR) is 68.5 cm³/mol. The summed E-state index contributed by atoms with van der Waals surface area (Å²) < 4.78 is 5.59. The largest absolute Gasteiger partial charge is 0.501 e. The number of carbonyl (C=O) groups is 1. The van der Waals surface area contributed by atoms with Gasteiger partial charge >= 0.3 is 0 Å². The summed E-state index contributed by atoms with van der Waals surface area (Å²) in [5.74, 6) is 2.93. The van der Waals surface area contributed by atoms with E-state index in [0.717, 1.165) is 13.0 Å². The van der Waals surface area contributed by atoms with E-state index in [1.807, 2.05) is 6.26 Å². The molecule has 0 aromatic rings. The van der Waals surface area contributed by atoms with E-state index in [1.54, 1.807) is 6.92 Å². The van der Waals surface area contributed by atoms with Crippen LogP contribution in [-0.4, -0.2) is 12.4 Å². The lowest BCUT2D eigenvalue weighted by Crippen LogP contribution is -2.34. The highest BCUT2D eigenvalue weighted by Crippen LogP contribution is 2.45. The molecule has 1 fully saturated rings. The fraction of sp³-hybridized carbons (Fsp3) is 0.800. The number of carbonyl (C=O) groups excluding carboxylic acids is 1. The van der Waals surface area contributed by atoms with Crippen LogP contribution in [0.3, 0.4) is 0 Å². The molecule has 4 atom stereocenters. The molecule has 1 aliphatic heterocycles. The normalized spacial score (nSPS) is 36.8. The molecule has 96 valence electrons. The molecule has 0 spiro atoms. The van der Waals surface area contributed by atoms with Crippen LogP contribution in [-0.2, 0) is 9.53 Å². The van der Waals surface area contributed by atoms with Crippen LogP contribution in [0.5, 0.6) is 0 Å². The molecule has 1 aliphatic carbocycles. The summed E-state index contributed by atoms with van der Waals surface area (Å²) in [6, 6.07) is 0. The number of rotatable bonds is 3. The van der Waals surface area contributed by atoms with E-state index in [9.17, 15) is 4.79 Å². The lowest BCUT2D eigenvalue weighted by Gasteiger charge is -2.41. The van der Waals surface area contributed by atoms with Crippen molar-refractivity contribution in [2.75, 3.05) is 6.61 Å². The van der Waals surface area contributed by atoms with E-state index < -0.39 is 0 Å². The van der Waals surface area contributed by atoms with Crippen LogP contribution in [0.1, 0.15) is 46.5 Å². The molecule has 2 rings (SSSR count). The average molecular weight is 236 g/mol. The van der Waals surface area contributed by atoms with Crippen molar-refractivity contribution in [2.45, 2.75) is 46.5 Å². The zero-order valence-electron chi connectivity index (χ0n) is 11.2. The molecule has 0 radical (unpaired) electrons. The molecular weight excluding hydrogens is 212 g/mol. The van der Waals surface area contributed by atoms with Gasteiger partial charge in [-0.25, -0.2) is 0 Å². The molecule has 0 amide bonds. The third-order valence-electron chi connectivity index (χ3n) is 4.55. The van der Waals surface area contributed by atoms with Gasteiger partial charge in [-0.3, -0.25) is 0 Å². The van der Waals surface area contributed by atoms with Gasteiger partial charge in [0.25, 0.3) is 0 Å². The Morgan fingerprint density at radius 1 is 1.35 bits per heavy atom. The van der Waals surface area contributed by atoms with Crippen molar-refractivity contribution in [3.8, 4) is 0 Å². The summed E-state index contributed by atoms with van der Waals surface area (Å²) in [7, 11) is 0. The van der Waals surface area contributed by atoms with Gasteiger partial charge in [0.05, 0.1) is 12.9 Å². The Balaban J connectivity index is 2.10. The summed E-state index contributed by atoms with van der Waals surface area (Å²) in [6.45, 7) is 7.16. The van der Waals surface area contributed by atoms with E-state index >= 15 is 0 Å². The zero-order valence-corrected chi connectivity index (χ0v) is 11.2. The molecule has 0 aromatic carbocycles. The minimum absolute atomic E-state index is 0.310. The maximum absolute atomic E-state index is 11.2. The molecule has 2 aliphatic rings. The van der Waals surface area contributed by atoms with E-state index in [1.165, 1.54) is 18.4 Å². The summed E-state index contributed by atoms with van der Waals surface area (Å²) >= 11 is 0. The second kappa shape index (κ2) is 5.24. The van der Waals surface area contributed by atoms with Gasteiger partial charge < -0.3 is 9.53 Å². The Hall–Kier alpha value is -0.790. The van der Waals surface area contributed by atoms with Crippen molar-refractivity contribution < 1.29 is 9.53 Å². The molecule has 1 saturated carbocycles. The summed E-state index contributed by atoms with van der Waals surface area (Å²) in [4.78, 5) is 11.2. The highest BCUT2D eigenvalue weighted by Gasteiger charge is 2.37. The van der Waals surface area contributed by atoms with Crippen molar-refractivity contribution in [3.63, 3.8) is 0 Å². The second-order valence-corrected chi connectivity index (χ2v) is 5.94. The van der Waals surface area contributed by atoms with Crippen molar-refractivity contribution in [2.24, 2.45) is 23.7 Å². The standard InChI is InChI=1S/C15H24O2/c1-10-4-6-14-11(2)8-17-9-15(14)13(10)7-5-12(3)16/h9-11,13-14H,4-8H2,1-3H3/t10-,11+,13+,14+/m1/s1. The van der Waals surface area contributed by atoms with Crippen LogP contribution in [0, 0.1) is 23.7 Å². The van der Waals surface area contributed by atoms with Gasteiger partial charge in [0.15, 0.2) is 0 Å². The molecule has 2 heteroatoms. The van der Waals surface area contributed by atoms with Crippen LogP contribution in [0.4, 0.5) is 0 Å². The fourth-order valence-corrected chi connectivity index (χ4v) is 3.42. The van der Waals surface area contributed by atoms with Gasteiger partial charge in [0.2, 0.25) is 0 Å². The van der Waals surface area contributed by atoms with Gasteiger partial charge in [-0.2, -0.15) is 0 Å². The Morgan fingerprint density at radius 3 is 2.82 bits per heavy atom. The SMILES string of the molecule is CC(=O)CC[C@@H]1C2=COC[C@H](C)[C@@H]2CC[C@H]1C. The van der Waals surface area contributed by atoms with Gasteiger partial charge in [0, 0.05) is 6.42 Å². The highest BCUT2D eigenvalue weighted by atomic mass is 16.5.